The summed E-state index contributed by atoms with van der Waals surface area (Å²) in [6.45, 7) is 2.77. The molecule has 1 aromatic heterocycles. The van der Waals surface area contributed by atoms with Crippen LogP contribution in [0.4, 0.5) is 4.39 Å². The standard InChI is InChI=1S/C13H14BrFN2O/c1-2-17-8-9(7-16-17)5-13(18)11-4-3-10(14)6-12(11)15/h3-4,6-8,13,18H,2,5H2,1H3. The first kappa shape index (κ1) is 13.2. The molecule has 0 fully saturated rings. The second-order valence-corrected chi connectivity index (χ2v) is 5.01. The summed E-state index contributed by atoms with van der Waals surface area (Å²) in [5.41, 5.74) is 1.20. The molecule has 18 heavy (non-hydrogen) atoms. The van der Waals surface area contributed by atoms with Crippen molar-refractivity contribution in [2.75, 3.05) is 0 Å². The molecule has 1 atom stereocenters. The topological polar surface area (TPSA) is 38.0 Å². The van der Waals surface area contributed by atoms with Crippen molar-refractivity contribution in [1.29, 1.82) is 0 Å². The van der Waals surface area contributed by atoms with Gasteiger partial charge in [0.25, 0.3) is 0 Å². The maximum absolute atomic E-state index is 13.7. The minimum atomic E-state index is -0.854. The molecule has 2 aromatic rings. The van der Waals surface area contributed by atoms with Gasteiger partial charge in [0.1, 0.15) is 5.82 Å². The summed E-state index contributed by atoms with van der Waals surface area (Å²) in [6, 6.07) is 4.67. The van der Waals surface area contributed by atoms with Gasteiger partial charge in [0.15, 0.2) is 0 Å². The van der Waals surface area contributed by atoms with Crippen molar-refractivity contribution in [1.82, 2.24) is 9.78 Å². The van der Waals surface area contributed by atoms with Crippen LogP contribution in [0.1, 0.15) is 24.2 Å². The first-order valence-corrected chi connectivity index (χ1v) is 6.53. The minimum absolute atomic E-state index is 0.308. The van der Waals surface area contributed by atoms with Crippen molar-refractivity contribution < 1.29 is 9.50 Å². The predicted octanol–water partition coefficient (Wildman–Crippen LogP) is 3.08. The molecule has 0 bridgehead atoms. The lowest BCUT2D eigenvalue weighted by atomic mass is 10.0. The summed E-state index contributed by atoms with van der Waals surface area (Å²) >= 11 is 3.19. The average Bonchev–Trinajstić information content (AvgIpc) is 2.76. The highest BCUT2D eigenvalue weighted by Crippen LogP contribution is 2.23. The Labute approximate surface area is 113 Å². The Morgan fingerprint density at radius 3 is 2.89 bits per heavy atom. The van der Waals surface area contributed by atoms with Crippen molar-refractivity contribution in [3.8, 4) is 0 Å². The fraction of sp³-hybridized carbons (Fsp3) is 0.308. The molecule has 0 aliphatic carbocycles. The first-order chi connectivity index (χ1) is 8.60. The van der Waals surface area contributed by atoms with Crippen LogP contribution in [-0.2, 0) is 13.0 Å². The van der Waals surface area contributed by atoms with Crippen LogP contribution in [0.15, 0.2) is 35.1 Å². The molecule has 0 radical (unpaired) electrons. The molecule has 1 aromatic carbocycles. The largest absolute Gasteiger partial charge is 0.388 e. The van der Waals surface area contributed by atoms with E-state index in [9.17, 15) is 9.50 Å². The molecule has 0 amide bonds. The van der Waals surface area contributed by atoms with Crippen molar-refractivity contribution >= 4 is 15.9 Å². The quantitative estimate of drug-likeness (QED) is 0.942. The van der Waals surface area contributed by atoms with Crippen LogP contribution in [0.2, 0.25) is 0 Å². The number of benzene rings is 1. The van der Waals surface area contributed by atoms with Gasteiger partial charge in [-0.05, 0) is 24.6 Å². The lowest BCUT2D eigenvalue weighted by Crippen LogP contribution is -2.04. The van der Waals surface area contributed by atoms with Crippen LogP contribution in [0.3, 0.4) is 0 Å². The summed E-state index contributed by atoms with van der Waals surface area (Å²) in [4.78, 5) is 0. The maximum atomic E-state index is 13.7. The van der Waals surface area contributed by atoms with E-state index in [1.165, 1.54) is 6.07 Å². The fourth-order valence-corrected chi connectivity index (χ4v) is 2.12. The van der Waals surface area contributed by atoms with Crippen molar-refractivity contribution in [2.24, 2.45) is 0 Å². The monoisotopic (exact) mass is 312 g/mol. The molecule has 0 spiro atoms. The van der Waals surface area contributed by atoms with Crippen LogP contribution >= 0.6 is 15.9 Å². The van der Waals surface area contributed by atoms with E-state index in [2.05, 4.69) is 21.0 Å². The van der Waals surface area contributed by atoms with Crippen LogP contribution in [-0.4, -0.2) is 14.9 Å². The zero-order valence-corrected chi connectivity index (χ0v) is 11.6. The molecular weight excluding hydrogens is 299 g/mol. The molecule has 2 rings (SSSR count). The number of halogens is 2. The lowest BCUT2D eigenvalue weighted by molar-refractivity contribution is 0.173. The number of aromatic nitrogens is 2. The summed E-state index contributed by atoms with van der Waals surface area (Å²) < 4.78 is 16.1. The second-order valence-electron chi connectivity index (χ2n) is 4.09. The van der Waals surface area contributed by atoms with E-state index in [-0.39, 0.29) is 0 Å². The fourth-order valence-electron chi connectivity index (χ4n) is 1.79. The van der Waals surface area contributed by atoms with Crippen LogP contribution in [0.5, 0.6) is 0 Å². The van der Waals surface area contributed by atoms with E-state index in [1.807, 2.05) is 13.1 Å². The van der Waals surface area contributed by atoms with Gasteiger partial charge in [-0.25, -0.2) is 4.39 Å². The third-order valence-electron chi connectivity index (χ3n) is 2.76. The van der Waals surface area contributed by atoms with Gasteiger partial charge in [-0.15, -0.1) is 0 Å². The van der Waals surface area contributed by atoms with Gasteiger partial charge in [0.05, 0.1) is 12.3 Å². The van der Waals surface area contributed by atoms with E-state index in [1.54, 1.807) is 23.0 Å². The Kier molecular flexibility index (Phi) is 4.14. The Morgan fingerprint density at radius 1 is 1.50 bits per heavy atom. The highest BCUT2D eigenvalue weighted by atomic mass is 79.9. The Morgan fingerprint density at radius 2 is 2.28 bits per heavy atom. The molecule has 1 heterocycles. The van der Waals surface area contributed by atoms with E-state index in [0.29, 0.717) is 16.5 Å². The van der Waals surface area contributed by atoms with Gasteiger partial charge >= 0.3 is 0 Å². The number of rotatable bonds is 4. The third-order valence-corrected chi connectivity index (χ3v) is 3.25. The Hall–Kier alpha value is -1.20. The molecule has 0 saturated heterocycles. The molecule has 0 saturated carbocycles. The van der Waals surface area contributed by atoms with Crippen molar-refractivity contribution in [3.05, 3.63) is 52.0 Å². The number of hydrogen-bond acceptors (Lipinski definition) is 2. The predicted molar refractivity (Wildman–Crippen MR) is 70.7 cm³/mol. The molecule has 3 nitrogen and oxygen atoms in total. The lowest BCUT2D eigenvalue weighted by Gasteiger charge is -2.11. The highest BCUT2D eigenvalue weighted by molar-refractivity contribution is 9.10. The molecule has 1 unspecified atom stereocenters. The number of aliphatic hydroxyl groups is 1. The normalized spacial score (nSPS) is 12.7. The van der Waals surface area contributed by atoms with E-state index >= 15 is 0 Å². The number of aryl methyl sites for hydroxylation is 1. The maximum Gasteiger partial charge on any atom is 0.130 e. The Bertz CT molecular complexity index is 542. The smallest absolute Gasteiger partial charge is 0.130 e. The van der Waals surface area contributed by atoms with Gasteiger partial charge in [-0.3, -0.25) is 4.68 Å². The van der Waals surface area contributed by atoms with Crippen LogP contribution in [0, 0.1) is 5.82 Å². The summed E-state index contributed by atoms with van der Waals surface area (Å²) in [6.07, 6.45) is 3.06. The molecule has 96 valence electrons. The summed E-state index contributed by atoms with van der Waals surface area (Å²) in [5, 5.41) is 14.2. The molecule has 0 aliphatic rings. The summed E-state index contributed by atoms with van der Waals surface area (Å²) in [7, 11) is 0. The minimum Gasteiger partial charge on any atom is -0.388 e. The molecular formula is C13H14BrFN2O. The molecule has 1 N–H and O–H groups in total. The van der Waals surface area contributed by atoms with E-state index in [0.717, 1.165) is 12.1 Å². The second kappa shape index (κ2) is 5.63. The van der Waals surface area contributed by atoms with Crippen molar-refractivity contribution in [2.45, 2.75) is 26.0 Å². The zero-order valence-electron chi connectivity index (χ0n) is 9.98. The van der Waals surface area contributed by atoms with Gasteiger partial charge in [0.2, 0.25) is 0 Å². The van der Waals surface area contributed by atoms with Gasteiger partial charge in [0, 0.05) is 29.2 Å². The van der Waals surface area contributed by atoms with Crippen LogP contribution in [0.25, 0.3) is 0 Å². The van der Waals surface area contributed by atoms with Gasteiger partial charge in [-0.2, -0.15) is 5.10 Å². The number of nitrogens with zero attached hydrogens (tertiary/aromatic N) is 2. The first-order valence-electron chi connectivity index (χ1n) is 5.74. The SMILES string of the molecule is CCn1cc(CC(O)c2ccc(Br)cc2F)cn1. The molecule has 0 aliphatic heterocycles. The van der Waals surface area contributed by atoms with E-state index < -0.39 is 11.9 Å². The number of hydrogen-bond donors (Lipinski definition) is 1. The summed E-state index contributed by atoms with van der Waals surface area (Å²) in [5.74, 6) is -0.403. The van der Waals surface area contributed by atoms with E-state index in [4.69, 9.17) is 0 Å². The van der Waals surface area contributed by atoms with Crippen LogP contribution < -0.4 is 0 Å². The Balaban J connectivity index is 2.13. The number of aliphatic hydroxyl groups excluding tert-OH is 1. The molecule has 5 heteroatoms. The zero-order chi connectivity index (χ0) is 13.1. The third kappa shape index (κ3) is 2.97. The average molecular weight is 313 g/mol. The highest BCUT2D eigenvalue weighted by Gasteiger charge is 2.14. The van der Waals surface area contributed by atoms with Crippen molar-refractivity contribution in [3.63, 3.8) is 0 Å². The van der Waals surface area contributed by atoms with Gasteiger partial charge < -0.3 is 5.11 Å². The van der Waals surface area contributed by atoms with Gasteiger partial charge in [-0.1, -0.05) is 22.0 Å².